The van der Waals surface area contributed by atoms with Crippen molar-refractivity contribution in [2.45, 2.75) is 4.90 Å². The van der Waals surface area contributed by atoms with E-state index in [4.69, 9.17) is 9.47 Å². The fraction of sp³-hybridized carbons (Fsp3) is 0.192. The second-order valence-corrected chi connectivity index (χ2v) is 9.85. The van der Waals surface area contributed by atoms with E-state index in [-0.39, 0.29) is 40.6 Å². The molecule has 0 atom stereocenters. The predicted octanol–water partition coefficient (Wildman–Crippen LogP) is 2.73. The fourth-order valence-corrected chi connectivity index (χ4v) is 5.13. The lowest BCUT2D eigenvalue weighted by atomic mass is 9.98. The minimum Gasteiger partial charge on any atom is -0.452 e. The molecule has 1 fully saturated rings. The highest BCUT2D eigenvalue weighted by Crippen LogP contribution is 2.21. The monoisotopic (exact) mass is 508 g/mol. The summed E-state index contributed by atoms with van der Waals surface area (Å²) >= 11 is 0. The van der Waals surface area contributed by atoms with Gasteiger partial charge in [-0.25, -0.2) is 13.2 Å². The normalized spacial score (nSPS) is 14.1. The molecule has 0 aliphatic carbocycles. The third kappa shape index (κ3) is 5.85. The van der Waals surface area contributed by atoms with Crippen molar-refractivity contribution < 1.29 is 32.3 Å². The Morgan fingerprint density at radius 3 is 2.25 bits per heavy atom. The number of nitrogens with one attached hydrogen (secondary N) is 1. The summed E-state index contributed by atoms with van der Waals surface area (Å²) in [5.41, 5.74) is 0.861. The number of sulfonamides is 1. The van der Waals surface area contributed by atoms with Gasteiger partial charge in [0.05, 0.1) is 23.7 Å². The van der Waals surface area contributed by atoms with Gasteiger partial charge in [0.15, 0.2) is 12.4 Å². The molecule has 0 saturated carbocycles. The highest BCUT2D eigenvalue weighted by atomic mass is 32.2. The lowest BCUT2D eigenvalue weighted by Gasteiger charge is -2.26. The summed E-state index contributed by atoms with van der Waals surface area (Å²) in [4.78, 5) is 38.0. The summed E-state index contributed by atoms with van der Waals surface area (Å²) in [6.45, 7) is 0.529. The van der Waals surface area contributed by atoms with E-state index in [1.807, 2.05) is 0 Å². The largest absolute Gasteiger partial charge is 0.452 e. The molecule has 3 aromatic carbocycles. The molecule has 3 aromatic rings. The summed E-state index contributed by atoms with van der Waals surface area (Å²) < 4.78 is 37.4. The van der Waals surface area contributed by atoms with Crippen LogP contribution in [0.1, 0.15) is 26.3 Å². The number of benzene rings is 3. The predicted molar refractivity (Wildman–Crippen MR) is 131 cm³/mol. The van der Waals surface area contributed by atoms with Crippen molar-refractivity contribution in [1.82, 2.24) is 4.31 Å². The molecule has 1 heterocycles. The number of esters is 1. The van der Waals surface area contributed by atoms with Crippen LogP contribution in [-0.2, 0) is 24.3 Å². The van der Waals surface area contributed by atoms with Gasteiger partial charge in [-0.15, -0.1) is 0 Å². The molecule has 0 radical (unpaired) electrons. The van der Waals surface area contributed by atoms with Gasteiger partial charge in [-0.1, -0.05) is 54.6 Å². The first-order valence-electron chi connectivity index (χ1n) is 11.2. The van der Waals surface area contributed by atoms with E-state index in [9.17, 15) is 22.8 Å². The van der Waals surface area contributed by atoms with Crippen LogP contribution >= 0.6 is 0 Å². The van der Waals surface area contributed by atoms with Crippen molar-refractivity contribution in [3.8, 4) is 0 Å². The van der Waals surface area contributed by atoms with Gasteiger partial charge in [-0.2, -0.15) is 4.31 Å². The van der Waals surface area contributed by atoms with Crippen molar-refractivity contribution in [2.75, 3.05) is 38.2 Å². The van der Waals surface area contributed by atoms with Crippen LogP contribution in [0.15, 0.2) is 83.8 Å². The molecular formula is C26H24N2O7S. The molecule has 0 unspecified atom stereocenters. The average Bonchev–Trinajstić information content (AvgIpc) is 2.92. The van der Waals surface area contributed by atoms with Gasteiger partial charge in [0.2, 0.25) is 10.0 Å². The van der Waals surface area contributed by atoms with Crippen LogP contribution < -0.4 is 5.32 Å². The Morgan fingerprint density at radius 1 is 0.861 bits per heavy atom. The van der Waals surface area contributed by atoms with E-state index in [1.165, 1.54) is 40.7 Å². The van der Waals surface area contributed by atoms with Crippen LogP contribution in [0, 0.1) is 0 Å². The zero-order valence-electron chi connectivity index (χ0n) is 19.3. The molecule has 10 heteroatoms. The maximum atomic E-state index is 12.8. The molecule has 186 valence electrons. The quantitative estimate of drug-likeness (QED) is 0.367. The molecular weight excluding hydrogens is 484 g/mol. The van der Waals surface area contributed by atoms with E-state index >= 15 is 0 Å². The van der Waals surface area contributed by atoms with Gasteiger partial charge in [0.25, 0.3) is 5.91 Å². The molecule has 36 heavy (non-hydrogen) atoms. The summed E-state index contributed by atoms with van der Waals surface area (Å²) in [6, 6.07) is 20.6. The van der Waals surface area contributed by atoms with Gasteiger partial charge in [-0.3, -0.25) is 9.59 Å². The summed E-state index contributed by atoms with van der Waals surface area (Å²) in [5.74, 6) is -1.82. The summed E-state index contributed by atoms with van der Waals surface area (Å²) in [6.07, 6.45) is 0. The van der Waals surface area contributed by atoms with E-state index in [0.29, 0.717) is 18.8 Å². The molecule has 4 rings (SSSR count). The van der Waals surface area contributed by atoms with Crippen LogP contribution in [0.3, 0.4) is 0 Å². The maximum absolute atomic E-state index is 12.8. The number of ether oxygens (including phenoxy) is 2. The molecule has 1 saturated heterocycles. The van der Waals surface area contributed by atoms with Gasteiger partial charge in [0, 0.05) is 29.9 Å². The van der Waals surface area contributed by atoms with Crippen LogP contribution in [0.5, 0.6) is 0 Å². The first kappa shape index (κ1) is 25.2. The van der Waals surface area contributed by atoms with Crippen LogP contribution in [-0.4, -0.2) is 63.3 Å². The van der Waals surface area contributed by atoms with Gasteiger partial charge >= 0.3 is 5.97 Å². The minimum atomic E-state index is -3.73. The zero-order valence-corrected chi connectivity index (χ0v) is 20.1. The third-order valence-corrected chi connectivity index (χ3v) is 7.38. The molecule has 0 bridgehead atoms. The Balaban J connectivity index is 1.40. The highest BCUT2D eigenvalue weighted by Gasteiger charge is 2.26. The number of rotatable bonds is 8. The summed E-state index contributed by atoms with van der Waals surface area (Å²) in [7, 11) is -3.73. The number of carbonyl (C=O) groups excluding carboxylic acids is 3. The number of carbonyl (C=O) groups is 3. The minimum absolute atomic E-state index is 0.0348. The van der Waals surface area contributed by atoms with Crippen molar-refractivity contribution in [3.05, 3.63) is 95.6 Å². The summed E-state index contributed by atoms with van der Waals surface area (Å²) in [5, 5.41) is 2.54. The Labute approximate surface area is 208 Å². The van der Waals surface area contributed by atoms with E-state index in [0.717, 1.165) is 0 Å². The SMILES string of the molecule is O=C(COC(=O)c1ccccc1C(=O)c1ccccc1)Nc1cccc(S(=O)(=O)N2CCOCC2)c1. The molecule has 1 amide bonds. The second kappa shape index (κ2) is 11.3. The van der Waals surface area contributed by atoms with Crippen LogP contribution in [0.4, 0.5) is 5.69 Å². The molecule has 1 aliphatic rings. The third-order valence-electron chi connectivity index (χ3n) is 5.49. The van der Waals surface area contributed by atoms with Crippen molar-refractivity contribution in [2.24, 2.45) is 0 Å². The Bertz CT molecular complexity index is 1370. The van der Waals surface area contributed by atoms with Crippen molar-refractivity contribution in [3.63, 3.8) is 0 Å². The number of nitrogens with zero attached hydrogens (tertiary/aromatic N) is 1. The Kier molecular flexibility index (Phi) is 7.89. The van der Waals surface area contributed by atoms with E-state index < -0.39 is 28.5 Å². The van der Waals surface area contributed by atoms with Gasteiger partial charge in [-0.05, 0) is 24.3 Å². The first-order valence-corrected chi connectivity index (χ1v) is 12.6. The fourth-order valence-electron chi connectivity index (χ4n) is 3.68. The topological polar surface area (TPSA) is 119 Å². The Morgan fingerprint density at radius 2 is 1.53 bits per heavy atom. The molecule has 1 N–H and O–H groups in total. The number of hydrogen-bond donors (Lipinski definition) is 1. The molecule has 9 nitrogen and oxygen atoms in total. The van der Waals surface area contributed by atoms with Crippen molar-refractivity contribution in [1.29, 1.82) is 0 Å². The number of anilines is 1. The van der Waals surface area contributed by atoms with Crippen LogP contribution in [0.25, 0.3) is 0 Å². The number of hydrogen-bond acceptors (Lipinski definition) is 7. The number of ketones is 1. The first-order chi connectivity index (χ1) is 17.4. The molecule has 0 spiro atoms. The van der Waals surface area contributed by atoms with Gasteiger partial charge in [0.1, 0.15) is 0 Å². The van der Waals surface area contributed by atoms with Gasteiger partial charge < -0.3 is 14.8 Å². The number of morpholine rings is 1. The molecule has 0 aromatic heterocycles. The van der Waals surface area contributed by atoms with E-state index in [1.54, 1.807) is 42.5 Å². The van der Waals surface area contributed by atoms with Crippen molar-refractivity contribution >= 4 is 33.4 Å². The maximum Gasteiger partial charge on any atom is 0.339 e. The lowest BCUT2D eigenvalue weighted by molar-refractivity contribution is -0.119. The smallest absolute Gasteiger partial charge is 0.339 e. The zero-order chi connectivity index (χ0) is 25.5. The second-order valence-electron chi connectivity index (χ2n) is 7.91. The average molecular weight is 509 g/mol. The lowest BCUT2D eigenvalue weighted by Crippen LogP contribution is -2.40. The van der Waals surface area contributed by atoms with Crippen LogP contribution in [0.2, 0.25) is 0 Å². The Hall–Kier alpha value is -3.86. The van der Waals surface area contributed by atoms with E-state index in [2.05, 4.69) is 5.32 Å². The number of amides is 1. The molecule has 1 aliphatic heterocycles. The standard InChI is InChI=1S/C26H24N2O7S/c29-24(27-20-9-6-10-21(17-20)36(32,33)28-13-15-34-16-14-28)18-35-26(31)23-12-5-4-11-22(23)25(30)19-7-2-1-3-8-19/h1-12,17H,13-16,18H2,(H,27,29). The highest BCUT2D eigenvalue weighted by molar-refractivity contribution is 7.89.